The van der Waals surface area contributed by atoms with Crippen molar-refractivity contribution in [2.45, 2.75) is 0 Å². The Morgan fingerprint density at radius 3 is 2.21 bits per heavy atom. The lowest BCUT2D eigenvalue weighted by atomic mass is 10.1. The number of halogens is 1. The first-order chi connectivity index (χ1) is 9.08. The standard InChI is InChI=1S/C14H11BrN2OS/c15-11-3-1-2-4-12(11)17-14(18)10-7-5-9(6-8-10)13(16)19/h1-8H,(H2,16,19)(H,17,18). The van der Waals surface area contributed by atoms with Gasteiger partial charge in [0.15, 0.2) is 0 Å². The SMILES string of the molecule is NC(=S)c1ccc(C(=O)Nc2ccccc2Br)cc1. The third-order valence-corrected chi connectivity index (χ3v) is 3.48. The number of thiocarbonyl (C=S) groups is 1. The van der Waals surface area contributed by atoms with Crippen LogP contribution in [-0.2, 0) is 0 Å². The molecule has 3 nitrogen and oxygen atoms in total. The van der Waals surface area contributed by atoms with Crippen LogP contribution in [0.25, 0.3) is 0 Å². The highest BCUT2D eigenvalue weighted by molar-refractivity contribution is 9.10. The Morgan fingerprint density at radius 1 is 1.05 bits per heavy atom. The summed E-state index contributed by atoms with van der Waals surface area (Å²) in [6.07, 6.45) is 0. The quantitative estimate of drug-likeness (QED) is 0.846. The number of anilines is 1. The van der Waals surface area contributed by atoms with Crippen molar-refractivity contribution in [3.8, 4) is 0 Å². The Morgan fingerprint density at radius 2 is 1.63 bits per heavy atom. The molecule has 0 atom stereocenters. The highest BCUT2D eigenvalue weighted by atomic mass is 79.9. The minimum absolute atomic E-state index is 0.179. The molecule has 2 aromatic rings. The molecule has 2 rings (SSSR count). The Bertz CT molecular complexity index is 626. The van der Waals surface area contributed by atoms with Gasteiger partial charge in [0.25, 0.3) is 5.91 Å². The second kappa shape index (κ2) is 5.95. The first-order valence-corrected chi connectivity index (χ1v) is 6.74. The van der Waals surface area contributed by atoms with E-state index in [1.54, 1.807) is 24.3 Å². The predicted molar refractivity (Wildman–Crippen MR) is 84.4 cm³/mol. The average Bonchev–Trinajstić information content (AvgIpc) is 2.41. The molecule has 1 amide bonds. The smallest absolute Gasteiger partial charge is 0.255 e. The van der Waals surface area contributed by atoms with Crippen LogP contribution in [0.2, 0.25) is 0 Å². The fourth-order valence-corrected chi connectivity index (χ4v) is 2.06. The second-order valence-corrected chi connectivity index (χ2v) is 5.17. The van der Waals surface area contributed by atoms with Crippen LogP contribution in [0.1, 0.15) is 15.9 Å². The van der Waals surface area contributed by atoms with Crippen molar-refractivity contribution in [3.63, 3.8) is 0 Å². The summed E-state index contributed by atoms with van der Waals surface area (Å²) in [4.78, 5) is 12.4. The molecule has 0 aliphatic heterocycles. The van der Waals surface area contributed by atoms with E-state index >= 15 is 0 Å². The molecule has 0 unspecified atom stereocenters. The maximum absolute atomic E-state index is 12.1. The number of nitrogens with two attached hydrogens (primary N) is 1. The molecule has 0 aromatic heterocycles. The molecule has 0 fully saturated rings. The van der Waals surface area contributed by atoms with Gasteiger partial charge in [0, 0.05) is 15.6 Å². The summed E-state index contributed by atoms with van der Waals surface area (Å²) in [5.41, 5.74) is 7.53. The van der Waals surface area contributed by atoms with Gasteiger partial charge in [-0.25, -0.2) is 0 Å². The van der Waals surface area contributed by atoms with Crippen molar-refractivity contribution in [3.05, 3.63) is 64.1 Å². The second-order valence-electron chi connectivity index (χ2n) is 3.88. The van der Waals surface area contributed by atoms with Gasteiger partial charge in [-0.05, 0) is 40.2 Å². The number of para-hydroxylation sites is 1. The van der Waals surface area contributed by atoms with E-state index in [0.717, 1.165) is 15.7 Å². The number of hydrogen-bond acceptors (Lipinski definition) is 2. The zero-order chi connectivity index (χ0) is 13.8. The lowest BCUT2D eigenvalue weighted by molar-refractivity contribution is 0.102. The fraction of sp³-hybridized carbons (Fsp3) is 0. The molecule has 2 aromatic carbocycles. The van der Waals surface area contributed by atoms with E-state index in [0.29, 0.717) is 10.6 Å². The first-order valence-electron chi connectivity index (χ1n) is 5.53. The van der Waals surface area contributed by atoms with Crippen molar-refractivity contribution in [2.75, 3.05) is 5.32 Å². The van der Waals surface area contributed by atoms with Crippen molar-refractivity contribution >= 4 is 44.7 Å². The molecule has 19 heavy (non-hydrogen) atoms. The molecule has 96 valence electrons. The van der Waals surface area contributed by atoms with Gasteiger partial charge in [-0.1, -0.05) is 36.5 Å². The molecule has 0 radical (unpaired) electrons. The van der Waals surface area contributed by atoms with E-state index in [1.807, 2.05) is 24.3 Å². The van der Waals surface area contributed by atoms with Gasteiger partial charge in [0.1, 0.15) is 4.99 Å². The third-order valence-electron chi connectivity index (χ3n) is 2.55. The predicted octanol–water partition coefficient (Wildman–Crippen LogP) is 3.34. The molecule has 0 spiro atoms. The van der Waals surface area contributed by atoms with Gasteiger partial charge in [0.05, 0.1) is 5.69 Å². The van der Waals surface area contributed by atoms with Crippen LogP contribution < -0.4 is 11.1 Å². The molecular formula is C14H11BrN2OS. The van der Waals surface area contributed by atoms with Crippen LogP contribution in [0, 0.1) is 0 Å². The summed E-state index contributed by atoms with van der Waals surface area (Å²) in [5.74, 6) is -0.179. The molecule has 0 saturated heterocycles. The van der Waals surface area contributed by atoms with Crippen LogP contribution in [0.5, 0.6) is 0 Å². The highest BCUT2D eigenvalue weighted by Gasteiger charge is 2.08. The molecule has 3 N–H and O–H groups in total. The number of nitrogens with one attached hydrogen (secondary N) is 1. The van der Waals surface area contributed by atoms with Gasteiger partial charge in [-0.3, -0.25) is 4.79 Å². The van der Waals surface area contributed by atoms with E-state index in [9.17, 15) is 4.79 Å². The number of hydrogen-bond donors (Lipinski definition) is 2. The van der Waals surface area contributed by atoms with E-state index in [-0.39, 0.29) is 5.91 Å². The van der Waals surface area contributed by atoms with Crippen LogP contribution in [0.4, 0.5) is 5.69 Å². The number of amides is 1. The zero-order valence-corrected chi connectivity index (χ0v) is 12.3. The van der Waals surface area contributed by atoms with Gasteiger partial charge in [0.2, 0.25) is 0 Å². The van der Waals surface area contributed by atoms with Gasteiger partial charge >= 0.3 is 0 Å². The minimum Gasteiger partial charge on any atom is -0.389 e. The lowest BCUT2D eigenvalue weighted by Crippen LogP contribution is -2.13. The van der Waals surface area contributed by atoms with Crippen molar-refractivity contribution < 1.29 is 4.79 Å². The Balaban J connectivity index is 2.16. The third kappa shape index (κ3) is 3.39. The highest BCUT2D eigenvalue weighted by Crippen LogP contribution is 2.21. The Hall–Kier alpha value is -1.72. The largest absolute Gasteiger partial charge is 0.389 e. The van der Waals surface area contributed by atoms with Crippen LogP contribution in [0.3, 0.4) is 0 Å². The Kier molecular flexibility index (Phi) is 4.29. The molecule has 0 bridgehead atoms. The molecule has 0 heterocycles. The van der Waals surface area contributed by atoms with Gasteiger partial charge in [-0.2, -0.15) is 0 Å². The molecule has 5 heteroatoms. The summed E-state index contributed by atoms with van der Waals surface area (Å²) < 4.78 is 0.836. The minimum atomic E-state index is -0.179. The van der Waals surface area contributed by atoms with Crippen LogP contribution in [-0.4, -0.2) is 10.9 Å². The number of carbonyl (C=O) groups excluding carboxylic acids is 1. The monoisotopic (exact) mass is 334 g/mol. The summed E-state index contributed by atoms with van der Waals surface area (Å²) >= 11 is 8.24. The number of rotatable bonds is 3. The van der Waals surface area contributed by atoms with Crippen molar-refractivity contribution in [1.82, 2.24) is 0 Å². The average molecular weight is 335 g/mol. The summed E-state index contributed by atoms with van der Waals surface area (Å²) in [7, 11) is 0. The maximum Gasteiger partial charge on any atom is 0.255 e. The normalized spacial score (nSPS) is 9.95. The zero-order valence-electron chi connectivity index (χ0n) is 9.89. The summed E-state index contributed by atoms with van der Waals surface area (Å²) in [5, 5.41) is 2.83. The van der Waals surface area contributed by atoms with Gasteiger partial charge < -0.3 is 11.1 Å². The van der Waals surface area contributed by atoms with Crippen molar-refractivity contribution in [2.24, 2.45) is 5.73 Å². The number of carbonyl (C=O) groups is 1. The summed E-state index contributed by atoms with van der Waals surface area (Å²) in [6.45, 7) is 0. The molecule has 0 saturated carbocycles. The lowest BCUT2D eigenvalue weighted by Gasteiger charge is -2.07. The fourth-order valence-electron chi connectivity index (χ4n) is 1.54. The topological polar surface area (TPSA) is 55.1 Å². The maximum atomic E-state index is 12.1. The Labute approximate surface area is 124 Å². The molecule has 0 aliphatic rings. The van der Waals surface area contributed by atoms with Crippen LogP contribution in [0.15, 0.2) is 53.0 Å². The van der Waals surface area contributed by atoms with E-state index in [2.05, 4.69) is 21.2 Å². The molecular weight excluding hydrogens is 324 g/mol. The summed E-state index contributed by atoms with van der Waals surface area (Å²) in [6, 6.07) is 14.3. The van der Waals surface area contributed by atoms with Crippen molar-refractivity contribution in [1.29, 1.82) is 0 Å². The number of benzene rings is 2. The van der Waals surface area contributed by atoms with Crippen LogP contribution >= 0.6 is 28.1 Å². The van der Waals surface area contributed by atoms with E-state index in [1.165, 1.54) is 0 Å². The van der Waals surface area contributed by atoms with Gasteiger partial charge in [-0.15, -0.1) is 0 Å². The first kappa shape index (κ1) is 13.7. The molecule has 0 aliphatic carbocycles. The van der Waals surface area contributed by atoms with E-state index < -0.39 is 0 Å². The van der Waals surface area contributed by atoms with E-state index in [4.69, 9.17) is 18.0 Å².